The maximum atomic E-state index is 12.7. The molecule has 1 aliphatic rings. The van der Waals surface area contributed by atoms with Crippen LogP contribution in [0.1, 0.15) is 44.7 Å². The van der Waals surface area contributed by atoms with Gasteiger partial charge in [0.25, 0.3) is 0 Å². The van der Waals surface area contributed by atoms with Crippen LogP contribution >= 0.6 is 0 Å². The predicted molar refractivity (Wildman–Crippen MR) is 113 cm³/mol. The smallest absolute Gasteiger partial charge is 0.244 e. The van der Waals surface area contributed by atoms with Crippen LogP contribution in [0.5, 0.6) is 0 Å². The Hall–Kier alpha value is -3.15. The number of benzene rings is 2. The molecule has 1 atom stereocenters. The summed E-state index contributed by atoms with van der Waals surface area (Å²) in [6.45, 7) is 4.20. The Labute approximate surface area is 171 Å². The highest BCUT2D eigenvalue weighted by Crippen LogP contribution is 2.29. The molecular weight excluding hydrogens is 366 g/mol. The standard InChI is InChI=1S/C23H27N3O3/c1-16(2)14-19(17-8-4-3-5-9-17)25-21(27)12-13-23(29)26-15-22(28)24-18-10-6-7-11-20(18)26/h3-11,16,19H,12-15H2,1-2H3,(H,24,28)(H,25,27)/t19-/m1/s1. The lowest BCUT2D eigenvalue weighted by molar-refractivity contribution is -0.126. The highest BCUT2D eigenvalue weighted by atomic mass is 16.2. The lowest BCUT2D eigenvalue weighted by atomic mass is 9.97. The van der Waals surface area contributed by atoms with Crippen molar-refractivity contribution in [3.05, 3.63) is 60.2 Å². The van der Waals surface area contributed by atoms with Gasteiger partial charge < -0.3 is 15.5 Å². The van der Waals surface area contributed by atoms with E-state index < -0.39 is 0 Å². The normalized spacial score (nSPS) is 14.2. The van der Waals surface area contributed by atoms with Gasteiger partial charge in [-0.25, -0.2) is 0 Å². The van der Waals surface area contributed by atoms with E-state index in [9.17, 15) is 14.4 Å². The van der Waals surface area contributed by atoms with Gasteiger partial charge in [-0.2, -0.15) is 0 Å². The molecule has 0 aliphatic carbocycles. The molecule has 0 saturated heterocycles. The monoisotopic (exact) mass is 393 g/mol. The van der Waals surface area contributed by atoms with Crippen LogP contribution in [0.2, 0.25) is 0 Å². The van der Waals surface area contributed by atoms with Gasteiger partial charge in [-0.05, 0) is 30.0 Å². The van der Waals surface area contributed by atoms with E-state index in [1.54, 1.807) is 18.2 Å². The lowest BCUT2D eigenvalue weighted by Gasteiger charge is -2.29. The molecule has 0 unspecified atom stereocenters. The van der Waals surface area contributed by atoms with Crippen molar-refractivity contribution in [1.29, 1.82) is 0 Å². The van der Waals surface area contributed by atoms with Gasteiger partial charge in [-0.1, -0.05) is 56.3 Å². The molecular formula is C23H27N3O3. The molecule has 152 valence electrons. The van der Waals surface area contributed by atoms with Crippen molar-refractivity contribution in [2.75, 3.05) is 16.8 Å². The van der Waals surface area contributed by atoms with Crippen molar-refractivity contribution < 1.29 is 14.4 Å². The first-order chi connectivity index (χ1) is 13.9. The third kappa shape index (κ3) is 5.44. The van der Waals surface area contributed by atoms with E-state index in [1.165, 1.54) is 4.90 Å². The molecule has 0 spiro atoms. The number of anilines is 2. The SMILES string of the molecule is CC(C)C[C@@H](NC(=O)CCC(=O)N1CC(=O)Nc2ccccc21)c1ccccc1. The van der Waals surface area contributed by atoms with E-state index in [2.05, 4.69) is 24.5 Å². The van der Waals surface area contributed by atoms with Gasteiger partial charge in [0.1, 0.15) is 6.54 Å². The number of carbonyl (C=O) groups excluding carboxylic acids is 3. The van der Waals surface area contributed by atoms with E-state index >= 15 is 0 Å². The van der Waals surface area contributed by atoms with Crippen LogP contribution in [-0.2, 0) is 14.4 Å². The van der Waals surface area contributed by atoms with Crippen LogP contribution < -0.4 is 15.5 Å². The average molecular weight is 393 g/mol. The summed E-state index contributed by atoms with van der Waals surface area (Å²) < 4.78 is 0. The van der Waals surface area contributed by atoms with E-state index in [4.69, 9.17) is 0 Å². The summed E-state index contributed by atoms with van der Waals surface area (Å²) in [7, 11) is 0. The summed E-state index contributed by atoms with van der Waals surface area (Å²) in [6.07, 6.45) is 0.959. The second-order valence-corrected chi connectivity index (χ2v) is 7.71. The molecule has 0 saturated carbocycles. The molecule has 2 aromatic rings. The van der Waals surface area contributed by atoms with Gasteiger partial charge in [-0.15, -0.1) is 0 Å². The number of para-hydroxylation sites is 2. The molecule has 1 aliphatic heterocycles. The molecule has 0 bridgehead atoms. The van der Waals surface area contributed by atoms with Crippen molar-refractivity contribution in [2.24, 2.45) is 5.92 Å². The first-order valence-corrected chi connectivity index (χ1v) is 9.97. The number of nitrogens with zero attached hydrogens (tertiary/aromatic N) is 1. The number of hydrogen-bond donors (Lipinski definition) is 2. The largest absolute Gasteiger partial charge is 0.349 e. The quantitative estimate of drug-likeness (QED) is 0.754. The Balaban J connectivity index is 1.61. The van der Waals surface area contributed by atoms with E-state index in [0.29, 0.717) is 17.3 Å². The summed E-state index contributed by atoms with van der Waals surface area (Å²) in [5.41, 5.74) is 2.34. The minimum absolute atomic E-state index is 0.0303. The van der Waals surface area contributed by atoms with Crippen molar-refractivity contribution in [3.63, 3.8) is 0 Å². The number of fused-ring (bicyclic) bond motifs is 1. The van der Waals surface area contributed by atoms with Crippen molar-refractivity contribution >= 4 is 29.1 Å². The van der Waals surface area contributed by atoms with Gasteiger partial charge in [-0.3, -0.25) is 14.4 Å². The van der Waals surface area contributed by atoms with Crippen molar-refractivity contribution in [1.82, 2.24) is 5.32 Å². The van der Waals surface area contributed by atoms with Gasteiger partial charge in [0.05, 0.1) is 17.4 Å². The molecule has 0 radical (unpaired) electrons. The Bertz CT molecular complexity index is 880. The maximum Gasteiger partial charge on any atom is 0.244 e. The Morgan fingerprint density at radius 3 is 2.45 bits per heavy atom. The summed E-state index contributed by atoms with van der Waals surface area (Å²) in [4.78, 5) is 38.6. The summed E-state index contributed by atoms with van der Waals surface area (Å²) in [5, 5.41) is 5.82. The number of nitrogens with one attached hydrogen (secondary N) is 2. The van der Waals surface area contributed by atoms with Crippen LogP contribution in [0.4, 0.5) is 11.4 Å². The number of carbonyl (C=O) groups is 3. The molecule has 0 aromatic heterocycles. The highest BCUT2D eigenvalue weighted by molar-refractivity contribution is 6.10. The Morgan fingerprint density at radius 1 is 1.03 bits per heavy atom. The zero-order valence-corrected chi connectivity index (χ0v) is 16.9. The zero-order chi connectivity index (χ0) is 20.8. The molecule has 0 fully saturated rings. The minimum Gasteiger partial charge on any atom is -0.349 e. The second-order valence-electron chi connectivity index (χ2n) is 7.71. The van der Waals surface area contributed by atoms with Crippen LogP contribution in [0.15, 0.2) is 54.6 Å². The maximum absolute atomic E-state index is 12.7. The van der Waals surface area contributed by atoms with E-state index in [-0.39, 0.29) is 43.1 Å². The predicted octanol–water partition coefficient (Wildman–Crippen LogP) is 3.66. The van der Waals surface area contributed by atoms with Crippen molar-refractivity contribution in [2.45, 2.75) is 39.2 Å². The van der Waals surface area contributed by atoms with Crippen molar-refractivity contribution in [3.8, 4) is 0 Å². The molecule has 2 aromatic carbocycles. The number of amides is 3. The van der Waals surface area contributed by atoms with Gasteiger partial charge >= 0.3 is 0 Å². The first-order valence-electron chi connectivity index (χ1n) is 9.97. The molecule has 3 rings (SSSR count). The third-order valence-electron chi connectivity index (χ3n) is 4.88. The van der Waals surface area contributed by atoms with Gasteiger partial charge in [0, 0.05) is 12.8 Å². The number of rotatable bonds is 7. The Kier molecular flexibility index (Phi) is 6.65. The lowest BCUT2D eigenvalue weighted by Crippen LogP contribution is -2.42. The number of hydrogen-bond acceptors (Lipinski definition) is 3. The summed E-state index contributed by atoms with van der Waals surface area (Å²) in [6, 6.07) is 17.0. The molecule has 1 heterocycles. The van der Waals surface area contributed by atoms with Crippen LogP contribution in [0.25, 0.3) is 0 Å². The fourth-order valence-corrected chi connectivity index (χ4v) is 3.51. The molecule has 29 heavy (non-hydrogen) atoms. The van der Waals surface area contributed by atoms with Gasteiger partial charge in [0.2, 0.25) is 17.7 Å². The second kappa shape index (κ2) is 9.37. The van der Waals surface area contributed by atoms with Crippen LogP contribution in [0, 0.1) is 5.92 Å². The Morgan fingerprint density at radius 2 is 1.72 bits per heavy atom. The summed E-state index contributed by atoms with van der Waals surface area (Å²) >= 11 is 0. The molecule has 6 heteroatoms. The minimum atomic E-state index is -0.234. The third-order valence-corrected chi connectivity index (χ3v) is 4.88. The van der Waals surface area contributed by atoms with Crippen LogP contribution in [-0.4, -0.2) is 24.3 Å². The molecule has 3 amide bonds. The average Bonchev–Trinajstić information content (AvgIpc) is 2.71. The fraction of sp³-hybridized carbons (Fsp3) is 0.348. The van der Waals surface area contributed by atoms with E-state index in [1.807, 2.05) is 36.4 Å². The van der Waals surface area contributed by atoms with Gasteiger partial charge in [0.15, 0.2) is 0 Å². The molecule has 6 nitrogen and oxygen atoms in total. The van der Waals surface area contributed by atoms with Crippen LogP contribution in [0.3, 0.4) is 0 Å². The highest BCUT2D eigenvalue weighted by Gasteiger charge is 2.27. The van der Waals surface area contributed by atoms with E-state index in [0.717, 1.165) is 12.0 Å². The first kappa shape index (κ1) is 20.6. The zero-order valence-electron chi connectivity index (χ0n) is 16.9. The fourth-order valence-electron chi connectivity index (χ4n) is 3.51. The molecule has 2 N–H and O–H groups in total. The topological polar surface area (TPSA) is 78.5 Å². The summed E-state index contributed by atoms with van der Waals surface area (Å²) in [5.74, 6) is -0.210.